The molecule has 0 bridgehead atoms. The Morgan fingerprint density at radius 2 is 2.00 bits per heavy atom. The van der Waals surface area contributed by atoms with Gasteiger partial charge < -0.3 is 15.1 Å². The van der Waals surface area contributed by atoms with Crippen molar-refractivity contribution in [1.29, 1.82) is 0 Å². The van der Waals surface area contributed by atoms with E-state index >= 15 is 0 Å². The second kappa shape index (κ2) is 6.50. The molecule has 0 radical (unpaired) electrons. The van der Waals surface area contributed by atoms with Gasteiger partial charge in [-0.15, -0.1) is 0 Å². The second-order valence-corrected chi connectivity index (χ2v) is 6.99. The molecular weight excluding hydrogens is 318 g/mol. The molecule has 134 valence electrons. The van der Waals surface area contributed by atoms with Crippen molar-refractivity contribution in [3.05, 3.63) is 23.8 Å². The molecule has 1 aromatic carbocycles. The van der Waals surface area contributed by atoms with Gasteiger partial charge in [-0.3, -0.25) is 14.4 Å². The van der Waals surface area contributed by atoms with E-state index in [9.17, 15) is 14.4 Å². The van der Waals surface area contributed by atoms with Crippen LogP contribution in [0.1, 0.15) is 45.6 Å². The van der Waals surface area contributed by atoms with Crippen molar-refractivity contribution < 1.29 is 14.4 Å². The maximum absolute atomic E-state index is 12.9. The van der Waals surface area contributed by atoms with E-state index in [0.29, 0.717) is 31.6 Å². The smallest absolute Gasteiger partial charge is 0.250 e. The van der Waals surface area contributed by atoms with Gasteiger partial charge in [-0.05, 0) is 49.9 Å². The van der Waals surface area contributed by atoms with Crippen LogP contribution < -0.4 is 10.2 Å². The third kappa shape index (κ3) is 3.01. The summed E-state index contributed by atoms with van der Waals surface area (Å²) in [5, 5.41) is 2.97. The Kier molecular flexibility index (Phi) is 4.54. The molecule has 3 amide bonds. The number of fused-ring (bicyclic) bond motifs is 1. The zero-order valence-corrected chi connectivity index (χ0v) is 15.1. The van der Waals surface area contributed by atoms with Gasteiger partial charge in [-0.1, -0.05) is 6.92 Å². The summed E-state index contributed by atoms with van der Waals surface area (Å²) in [7, 11) is 0. The van der Waals surface area contributed by atoms with E-state index in [1.165, 1.54) is 0 Å². The molecule has 6 heteroatoms. The van der Waals surface area contributed by atoms with E-state index in [1.807, 2.05) is 32.0 Å². The van der Waals surface area contributed by atoms with Gasteiger partial charge in [0, 0.05) is 37.8 Å². The van der Waals surface area contributed by atoms with E-state index in [1.54, 1.807) is 16.7 Å². The van der Waals surface area contributed by atoms with Crippen LogP contribution in [-0.4, -0.2) is 41.2 Å². The maximum atomic E-state index is 12.9. The fourth-order valence-electron chi connectivity index (χ4n) is 3.86. The third-order valence-electron chi connectivity index (χ3n) is 5.35. The lowest BCUT2D eigenvalue weighted by Crippen LogP contribution is -2.53. The molecular formula is C19H25N3O3. The lowest BCUT2D eigenvalue weighted by Gasteiger charge is -2.33. The van der Waals surface area contributed by atoms with Gasteiger partial charge in [0.2, 0.25) is 17.7 Å². The Morgan fingerprint density at radius 1 is 1.24 bits per heavy atom. The number of anilines is 2. The molecule has 1 aromatic rings. The first-order valence-corrected chi connectivity index (χ1v) is 8.90. The predicted molar refractivity (Wildman–Crippen MR) is 96.4 cm³/mol. The highest BCUT2D eigenvalue weighted by Gasteiger charge is 2.45. The molecule has 0 aliphatic carbocycles. The van der Waals surface area contributed by atoms with E-state index in [4.69, 9.17) is 0 Å². The Labute approximate surface area is 148 Å². The normalized spacial score (nSPS) is 22.0. The molecule has 2 aliphatic heterocycles. The molecule has 1 N–H and O–H groups in total. The predicted octanol–water partition coefficient (Wildman–Crippen LogP) is 2.33. The summed E-state index contributed by atoms with van der Waals surface area (Å²) >= 11 is 0. The Bertz CT molecular complexity index is 731. The molecule has 0 spiro atoms. The number of nitrogens with one attached hydrogen (secondary N) is 1. The van der Waals surface area contributed by atoms with Gasteiger partial charge in [-0.2, -0.15) is 0 Å². The van der Waals surface area contributed by atoms with Crippen LogP contribution in [0.5, 0.6) is 0 Å². The van der Waals surface area contributed by atoms with Crippen molar-refractivity contribution in [3.63, 3.8) is 0 Å². The number of hydrogen-bond acceptors (Lipinski definition) is 3. The fourth-order valence-corrected chi connectivity index (χ4v) is 3.86. The van der Waals surface area contributed by atoms with Crippen LogP contribution in [0, 0.1) is 0 Å². The highest BCUT2D eigenvalue weighted by Crippen LogP contribution is 2.33. The first-order chi connectivity index (χ1) is 11.9. The fraction of sp³-hybridized carbons (Fsp3) is 0.526. The minimum Gasteiger partial charge on any atom is -0.328 e. The van der Waals surface area contributed by atoms with Crippen LogP contribution in [-0.2, 0) is 20.8 Å². The number of rotatable bonds is 3. The highest BCUT2D eigenvalue weighted by atomic mass is 16.2. The number of nitrogens with zero attached hydrogens (tertiary/aromatic N) is 2. The van der Waals surface area contributed by atoms with E-state index in [2.05, 4.69) is 5.32 Å². The Balaban J connectivity index is 1.78. The van der Waals surface area contributed by atoms with E-state index in [-0.39, 0.29) is 17.7 Å². The summed E-state index contributed by atoms with van der Waals surface area (Å²) in [6, 6.07) is 5.63. The molecule has 2 aliphatic rings. The summed E-state index contributed by atoms with van der Waals surface area (Å²) in [6.45, 7) is 6.53. The molecule has 6 nitrogen and oxygen atoms in total. The summed E-state index contributed by atoms with van der Waals surface area (Å²) in [5.41, 5.74) is 1.90. The zero-order chi connectivity index (χ0) is 18.2. The van der Waals surface area contributed by atoms with Crippen LogP contribution in [0.4, 0.5) is 11.4 Å². The van der Waals surface area contributed by atoms with Crippen LogP contribution in [0.2, 0.25) is 0 Å². The Morgan fingerprint density at radius 3 is 2.68 bits per heavy atom. The molecule has 1 atom stereocenters. The topological polar surface area (TPSA) is 69.7 Å². The molecule has 3 rings (SSSR count). The number of benzene rings is 1. The maximum Gasteiger partial charge on any atom is 0.250 e. The molecule has 1 unspecified atom stereocenters. The van der Waals surface area contributed by atoms with Crippen molar-refractivity contribution >= 4 is 29.1 Å². The quantitative estimate of drug-likeness (QED) is 0.916. The second-order valence-electron chi connectivity index (χ2n) is 6.99. The van der Waals surface area contributed by atoms with Gasteiger partial charge >= 0.3 is 0 Å². The van der Waals surface area contributed by atoms with Crippen molar-refractivity contribution in [2.24, 2.45) is 0 Å². The molecule has 0 saturated carbocycles. The van der Waals surface area contributed by atoms with Gasteiger partial charge in [0.15, 0.2) is 0 Å². The average Bonchev–Trinajstić information content (AvgIpc) is 3.18. The van der Waals surface area contributed by atoms with Gasteiger partial charge in [0.25, 0.3) is 0 Å². The van der Waals surface area contributed by atoms with Crippen LogP contribution in [0.15, 0.2) is 18.2 Å². The summed E-state index contributed by atoms with van der Waals surface area (Å²) < 4.78 is 0. The lowest BCUT2D eigenvalue weighted by molar-refractivity contribution is -0.141. The van der Waals surface area contributed by atoms with Gasteiger partial charge in [-0.25, -0.2) is 0 Å². The monoisotopic (exact) mass is 343 g/mol. The number of hydrogen-bond donors (Lipinski definition) is 1. The van der Waals surface area contributed by atoms with Crippen molar-refractivity contribution in [2.75, 3.05) is 23.3 Å². The zero-order valence-electron chi connectivity index (χ0n) is 15.1. The van der Waals surface area contributed by atoms with Gasteiger partial charge in [0.1, 0.15) is 5.54 Å². The van der Waals surface area contributed by atoms with Crippen LogP contribution in [0.3, 0.4) is 0 Å². The third-order valence-corrected chi connectivity index (χ3v) is 5.35. The molecule has 0 aromatic heterocycles. The van der Waals surface area contributed by atoms with Crippen molar-refractivity contribution in [1.82, 2.24) is 4.90 Å². The SMILES string of the molecule is CCC(=O)N1CCCC1(C)C(=O)Nc1ccc2c(c1)CCN2C(C)=O. The molecule has 2 heterocycles. The van der Waals surface area contributed by atoms with Gasteiger partial charge in [0.05, 0.1) is 0 Å². The van der Waals surface area contributed by atoms with Crippen LogP contribution >= 0.6 is 0 Å². The minimum atomic E-state index is -0.794. The first-order valence-electron chi connectivity index (χ1n) is 8.90. The average molecular weight is 343 g/mol. The first kappa shape index (κ1) is 17.5. The Hall–Kier alpha value is -2.37. The molecule has 25 heavy (non-hydrogen) atoms. The number of carbonyl (C=O) groups is 3. The lowest BCUT2D eigenvalue weighted by atomic mass is 9.97. The minimum absolute atomic E-state index is 0.0150. The number of likely N-dealkylation sites (tertiary alicyclic amines) is 1. The van der Waals surface area contributed by atoms with E-state index < -0.39 is 5.54 Å². The molecule has 1 saturated heterocycles. The van der Waals surface area contributed by atoms with Crippen molar-refractivity contribution in [3.8, 4) is 0 Å². The van der Waals surface area contributed by atoms with Crippen LogP contribution in [0.25, 0.3) is 0 Å². The standard InChI is InChI=1S/C19H25N3O3/c1-4-17(24)22-10-5-9-19(22,3)18(25)20-15-6-7-16-14(12-15)8-11-21(16)13(2)23/h6-7,12H,4-5,8-11H2,1-3H3,(H,20,25). The summed E-state index contributed by atoms with van der Waals surface area (Å²) in [6.07, 6.45) is 2.71. The summed E-state index contributed by atoms with van der Waals surface area (Å²) in [4.78, 5) is 40.1. The number of amides is 3. The van der Waals surface area contributed by atoms with E-state index in [0.717, 1.165) is 24.1 Å². The summed E-state index contributed by atoms with van der Waals surface area (Å²) in [5.74, 6) is -0.0999. The largest absolute Gasteiger partial charge is 0.328 e. The highest BCUT2D eigenvalue weighted by molar-refractivity contribution is 6.01. The van der Waals surface area contributed by atoms with Crippen molar-refractivity contribution in [2.45, 2.75) is 52.0 Å². The molecule has 1 fully saturated rings. The number of carbonyl (C=O) groups excluding carboxylic acids is 3.